The van der Waals surface area contributed by atoms with Gasteiger partial charge in [0.15, 0.2) is 5.97 Å². The van der Waals surface area contributed by atoms with Gasteiger partial charge in [-0.05, 0) is 6.07 Å². The van der Waals surface area contributed by atoms with Crippen LogP contribution in [0.2, 0.25) is 5.02 Å². The number of carboxylic acids is 1. The molecule has 1 aromatic heterocycles. The largest absolute Gasteiger partial charge is 0.503 e. The molecule has 0 spiro atoms. The van der Waals surface area contributed by atoms with Gasteiger partial charge < -0.3 is 26.9 Å². The number of amides is 1. The standard InChI is InChI=1S/C9H7ClF3N2O2.C2H3O2.Y/c1-4(16)14-7-5(9(11,12)13)3-6(10)8(15-7)17-2;1-2(3)4;/h3H,1H2,2H3,(H,14,15,16);1H2,(H,3,4);/q2*-1;. The van der Waals surface area contributed by atoms with Crippen LogP contribution in [0.3, 0.4) is 0 Å². The zero-order valence-electron chi connectivity index (χ0n) is 11.2. The second kappa shape index (κ2) is 9.75. The van der Waals surface area contributed by atoms with Crippen LogP contribution in [-0.2, 0) is 48.5 Å². The number of anilines is 1. The number of halogens is 4. The van der Waals surface area contributed by atoms with E-state index in [0.29, 0.717) is 6.07 Å². The topological polar surface area (TPSA) is 88.5 Å². The molecule has 0 aliphatic heterocycles. The van der Waals surface area contributed by atoms with Crippen molar-refractivity contribution < 1.29 is 65.3 Å². The number of hydrogen-bond donors (Lipinski definition) is 2. The number of hydrogen-bond acceptors (Lipinski definition) is 4. The maximum Gasteiger partial charge on any atom is 0.420 e. The number of rotatable bonds is 2. The van der Waals surface area contributed by atoms with Crippen molar-refractivity contribution in [3.63, 3.8) is 0 Å². The minimum atomic E-state index is -4.69. The van der Waals surface area contributed by atoms with Crippen LogP contribution >= 0.6 is 11.6 Å². The SMILES string of the molecule is [CH2-]C(=O)Nc1nc(OC)c(Cl)cc1C(F)(F)F.[CH2-]C(=O)O.[Y]. The molecule has 11 heteroatoms. The molecular formula is C11H10ClF3N2O4Y-2. The van der Waals surface area contributed by atoms with Gasteiger partial charge in [-0.3, -0.25) is 11.7 Å². The van der Waals surface area contributed by atoms with Crippen molar-refractivity contribution in [2.75, 3.05) is 12.4 Å². The fourth-order valence-electron chi connectivity index (χ4n) is 1.06. The number of pyridine rings is 1. The number of carboxylic acid groups (broad SMARTS) is 1. The van der Waals surface area contributed by atoms with Gasteiger partial charge in [-0.25, -0.2) is 0 Å². The fraction of sp³-hybridized carbons (Fsp3) is 0.182. The Labute approximate surface area is 154 Å². The van der Waals surface area contributed by atoms with Crippen LogP contribution in [0.25, 0.3) is 0 Å². The monoisotopic (exact) mass is 415 g/mol. The molecule has 0 unspecified atom stereocenters. The van der Waals surface area contributed by atoms with E-state index in [0.717, 1.165) is 0 Å². The van der Waals surface area contributed by atoms with E-state index in [1.165, 1.54) is 7.11 Å². The van der Waals surface area contributed by atoms with Crippen molar-refractivity contribution in [1.82, 2.24) is 4.98 Å². The van der Waals surface area contributed by atoms with Crippen LogP contribution in [0.5, 0.6) is 5.88 Å². The first-order valence-electron chi connectivity index (χ1n) is 4.98. The van der Waals surface area contributed by atoms with Gasteiger partial charge in [-0.15, -0.1) is 0 Å². The van der Waals surface area contributed by atoms with Gasteiger partial charge in [0.2, 0.25) is 5.88 Å². The summed E-state index contributed by atoms with van der Waals surface area (Å²) in [5, 5.41) is 8.86. The van der Waals surface area contributed by atoms with Crippen molar-refractivity contribution in [1.29, 1.82) is 0 Å². The Balaban J connectivity index is 0. The smallest absolute Gasteiger partial charge is 0.420 e. The van der Waals surface area contributed by atoms with E-state index < -0.39 is 29.4 Å². The zero-order chi connectivity index (χ0) is 16.8. The summed E-state index contributed by atoms with van der Waals surface area (Å²) in [6.07, 6.45) is -4.69. The summed E-state index contributed by atoms with van der Waals surface area (Å²) >= 11 is 5.53. The van der Waals surface area contributed by atoms with Crippen molar-refractivity contribution >= 4 is 29.3 Å². The molecule has 0 saturated heterocycles. The molecule has 0 aliphatic carbocycles. The number of nitrogens with one attached hydrogen (secondary N) is 1. The van der Waals surface area contributed by atoms with E-state index in [2.05, 4.69) is 23.6 Å². The molecule has 1 amide bonds. The maximum absolute atomic E-state index is 12.6. The molecule has 0 aromatic carbocycles. The number of carbonyl (C=O) groups is 2. The van der Waals surface area contributed by atoms with Crippen LogP contribution < -0.4 is 10.1 Å². The molecule has 22 heavy (non-hydrogen) atoms. The molecule has 0 bridgehead atoms. The van der Waals surface area contributed by atoms with Crippen LogP contribution in [0.1, 0.15) is 5.56 Å². The molecule has 1 aromatic rings. The third kappa shape index (κ3) is 8.30. The summed E-state index contributed by atoms with van der Waals surface area (Å²) in [6.45, 7) is 5.46. The molecule has 2 N–H and O–H groups in total. The minimum absolute atomic E-state index is 0. The van der Waals surface area contributed by atoms with E-state index in [4.69, 9.17) is 21.5 Å². The Kier molecular flexibility index (Phi) is 10.2. The predicted molar refractivity (Wildman–Crippen MR) is 67.8 cm³/mol. The molecule has 0 saturated carbocycles. The van der Waals surface area contributed by atoms with E-state index in [-0.39, 0.29) is 43.6 Å². The van der Waals surface area contributed by atoms with E-state index >= 15 is 0 Å². The number of methoxy groups -OCH3 is 1. The van der Waals surface area contributed by atoms with Crippen molar-refractivity contribution in [3.05, 3.63) is 30.5 Å². The van der Waals surface area contributed by atoms with Crippen LogP contribution in [0.15, 0.2) is 6.07 Å². The van der Waals surface area contributed by atoms with Gasteiger partial charge in [-0.1, -0.05) is 11.6 Å². The van der Waals surface area contributed by atoms with Crippen molar-refractivity contribution in [2.24, 2.45) is 0 Å². The first kappa shape index (κ1) is 23.1. The number of carbonyl (C=O) groups excluding carboxylic acids is 1. The molecule has 1 rings (SSSR count). The number of aliphatic carboxylic acids is 1. The molecule has 6 nitrogen and oxygen atoms in total. The maximum atomic E-state index is 12.6. The Hall–Kier alpha value is -1.19. The zero-order valence-corrected chi connectivity index (χ0v) is 14.8. The molecule has 1 heterocycles. The quantitative estimate of drug-likeness (QED) is 0.725. The first-order valence-corrected chi connectivity index (χ1v) is 5.36. The molecule has 0 fully saturated rings. The molecule has 0 atom stereocenters. The molecule has 0 aliphatic rings. The second-order valence-corrected chi connectivity index (χ2v) is 3.72. The summed E-state index contributed by atoms with van der Waals surface area (Å²) < 4.78 is 42.5. The number of aromatic nitrogens is 1. The molecule has 121 valence electrons. The normalized spacial score (nSPS) is 9.68. The summed E-state index contributed by atoms with van der Waals surface area (Å²) in [7, 11) is 1.19. The van der Waals surface area contributed by atoms with Crippen LogP contribution in [0.4, 0.5) is 19.0 Å². The summed E-state index contributed by atoms with van der Waals surface area (Å²) in [4.78, 5) is 23.0. The third-order valence-electron chi connectivity index (χ3n) is 1.70. The van der Waals surface area contributed by atoms with Gasteiger partial charge in [0.05, 0.1) is 18.6 Å². The number of ether oxygens (including phenoxy) is 1. The van der Waals surface area contributed by atoms with Crippen LogP contribution in [0, 0.1) is 13.8 Å². The van der Waals surface area contributed by atoms with Gasteiger partial charge in [0.1, 0.15) is 10.8 Å². The van der Waals surface area contributed by atoms with Gasteiger partial charge in [-0.2, -0.15) is 18.2 Å². The first-order chi connectivity index (χ1) is 9.48. The van der Waals surface area contributed by atoms with Gasteiger partial charge in [0, 0.05) is 32.7 Å². The summed E-state index contributed by atoms with van der Waals surface area (Å²) in [5.41, 5.74) is -1.17. The second-order valence-electron chi connectivity index (χ2n) is 3.32. The van der Waals surface area contributed by atoms with E-state index in [9.17, 15) is 18.0 Å². The Bertz CT molecular complexity index is 537. The molecular weight excluding hydrogens is 405 g/mol. The summed E-state index contributed by atoms with van der Waals surface area (Å²) in [6, 6.07) is 0.624. The van der Waals surface area contributed by atoms with Crippen molar-refractivity contribution in [2.45, 2.75) is 6.18 Å². The van der Waals surface area contributed by atoms with E-state index in [1.54, 1.807) is 0 Å². The third-order valence-corrected chi connectivity index (χ3v) is 1.97. The number of nitrogens with zero attached hydrogens (tertiary/aromatic N) is 1. The fourth-order valence-corrected chi connectivity index (χ4v) is 1.29. The Morgan fingerprint density at radius 1 is 1.41 bits per heavy atom. The van der Waals surface area contributed by atoms with Gasteiger partial charge >= 0.3 is 6.18 Å². The summed E-state index contributed by atoms with van der Waals surface area (Å²) in [5.74, 6) is -2.92. The van der Waals surface area contributed by atoms with Crippen LogP contribution in [-0.4, -0.2) is 29.1 Å². The van der Waals surface area contributed by atoms with E-state index in [1.807, 2.05) is 5.32 Å². The van der Waals surface area contributed by atoms with Gasteiger partial charge in [0.25, 0.3) is 0 Å². The Morgan fingerprint density at radius 3 is 2.18 bits per heavy atom. The number of alkyl halides is 3. The average molecular weight is 416 g/mol. The average Bonchev–Trinajstić information content (AvgIpc) is 2.28. The predicted octanol–water partition coefficient (Wildman–Crippen LogP) is 2.44. The van der Waals surface area contributed by atoms with Crippen molar-refractivity contribution in [3.8, 4) is 5.88 Å². The molecule has 1 radical (unpaired) electrons. The minimum Gasteiger partial charge on any atom is -0.503 e. The Morgan fingerprint density at radius 2 is 1.86 bits per heavy atom.